The van der Waals surface area contributed by atoms with Gasteiger partial charge in [0.25, 0.3) is 0 Å². The van der Waals surface area contributed by atoms with Crippen molar-refractivity contribution in [1.82, 2.24) is 4.57 Å². The molecule has 1 N–H and O–H groups in total. The van der Waals surface area contributed by atoms with E-state index < -0.39 is 17.2 Å². The lowest BCUT2D eigenvalue weighted by Crippen LogP contribution is -2.18. The highest BCUT2D eigenvalue weighted by Crippen LogP contribution is 2.14. The van der Waals surface area contributed by atoms with Gasteiger partial charge in [0.05, 0.1) is 5.52 Å². The van der Waals surface area contributed by atoms with Crippen LogP contribution >= 0.6 is 0 Å². The predicted octanol–water partition coefficient (Wildman–Crippen LogP) is 2.02. The highest BCUT2D eigenvalue weighted by molar-refractivity contribution is 5.92. The van der Waals surface area contributed by atoms with Gasteiger partial charge in [-0.25, -0.2) is 9.18 Å². The number of rotatable bonds is 3. The molecular weight excluding hydrogens is 237 g/mol. The zero-order valence-corrected chi connectivity index (χ0v) is 9.39. The third kappa shape index (κ3) is 1.90. The van der Waals surface area contributed by atoms with Crippen LogP contribution in [0.25, 0.3) is 10.9 Å². The molecule has 0 aliphatic carbocycles. The lowest BCUT2D eigenvalue weighted by Gasteiger charge is -2.10. The molecule has 4 nitrogen and oxygen atoms in total. The molecule has 5 heteroatoms. The first kappa shape index (κ1) is 12.0. The number of carbonyl (C=O) groups is 1. The fourth-order valence-electron chi connectivity index (χ4n) is 1.81. The average molecular weight is 247 g/mol. The molecule has 0 aliphatic rings. The average Bonchev–Trinajstić information content (AvgIpc) is 2.32. The van der Waals surface area contributed by atoms with Crippen LogP contribution in [0.3, 0.4) is 0 Å². The maximum atomic E-state index is 13.2. The van der Waals surface area contributed by atoms with Crippen molar-refractivity contribution < 1.29 is 14.3 Å². The van der Waals surface area contributed by atoms with Crippen LogP contribution in [0.5, 0.6) is 0 Å². The summed E-state index contributed by atoms with van der Waals surface area (Å²) < 4.78 is 14.7. The minimum Gasteiger partial charge on any atom is -0.477 e. The number of hydrogen-bond acceptors (Lipinski definition) is 2. The lowest BCUT2D eigenvalue weighted by molar-refractivity contribution is 0.0695. The highest BCUT2D eigenvalue weighted by atomic mass is 19.1. The Morgan fingerprint density at radius 3 is 2.83 bits per heavy atom. The van der Waals surface area contributed by atoms with E-state index in [0.717, 1.165) is 6.07 Å². The van der Waals surface area contributed by atoms with Gasteiger partial charge in [-0.3, -0.25) is 4.79 Å². The van der Waals surface area contributed by atoms with Gasteiger partial charge >= 0.3 is 5.97 Å². The molecule has 1 aromatic carbocycles. The molecule has 2 rings (SSSR count). The van der Waals surface area contributed by atoms with Crippen molar-refractivity contribution in [1.29, 1.82) is 0 Å². The predicted molar refractivity (Wildman–Crippen MR) is 65.3 cm³/mol. The summed E-state index contributed by atoms with van der Waals surface area (Å²) in [5.41, 5.74) is -0.585. The smallest absolute Gasteiger partial charge is 0.341 e. The number of carboxylic acids is 1. The quantitative estimate of drug-likeness (QED) is 0.844. The van der Waals surface area contributed by atoms with Gasteiger partial charge in [0.1, 0.15) is 11.4 Å². The molecule has 0 bridgehead atoms. The summed E-state index contributed by atoms with van der Waals surface area (Å²) in [5, 5.41) is 9.01. The Kier molecular flexibility index (Phi) is 2.97. The summed E-state index contributed by atoms with van der Waals surface area (Å²) in [4.78, 5) is 22.9. The Bertz CT molecular complexity index is 703. The van der Waals surface area contributed by atoms with Gasteiger partial charge in [0.2, 0.25) is 5.43 Å². The third-order valence-corrected chi connectivity index (χ3v) is 2.60. The molecule has 18 heavy (non-hydrogen) atoms. The van der Waals surface area contributed by atoms with Crippen molar-refractivity contribution >= 4 is 16.9 Å². The molecule has 0 saturated heterocycles. The van der Waals surface area contributed by atoms with Crippen LogP contribution in [0.1, 0.15) is 10.4 Å². The van der Waals surface area contributed by atoms with E-state index in [-0.39, 0.29) is 10.9 Å². The normalized spacial score (nSPS) is 10.5. The molecule has 0 unspecified atom stereocenters. The molecule has 0 saturated carbocycles. The number of nitrogens with zero attached hydrogens (tertiary/aromatic N) is 1. The molecule has 0 radical (unpaired) electrons. The van der Waals surface area contributed by atoms with E-state index >= 15 is 0 Å². The number of aromatic nitrogens is 1. The summed E-state index contributed by atoms with van der Waals surface area (Å²) >= 11 is 0. The lowest BCUT2D eigenvalue weighted by atomic mass is 10.1. The number of hydrogen-bond donors (Lipinski definition) is 1. The van der Waals surface area contributed by atoms with Crippen molar-refractivity contribution in [2.24, 2.45) is 0 Å². The van der Waals surface area contributed by atoms with Crippen LogP contribution in [0.15, 0.2) is 41.8 Å². The molecule has 2 aromatic rings. The van der Waals surface area contributed by atoms with Crippen molar-refractivity contribution in [3.05, 3.63) is 58.7 Å². The van der Waals surface area contributed by atoms with Crippen molar-refractivity contribution in [3.63, 3.8) is 0 Å². The third-order valence-electron chi connectivity index (χ3n) is 2.60. The van der Waals surface area contributed by atoms with Gasteiger partial charge in [-0.2, -0.15) is 0 Å². The van der Waals surface area contributed by atoms with E-state index in [2.05, 4.69) is 6.58 Å². The fraction of sp³-hybridized carbons (Fsp3) is 0.0769. The van der Waals surface area contributed by atoms with Crippen LogP contribution in [-0.4, -0.2) is 15.6 Å². The van der Waals surface area contributed by atoms with Gasteiger partial charge in [-0.15, -0.1) is 6.58 Å². The van der Waals surface area contributed by atoms with Gasteiger partial charge in [0, 0.05) is 18.1 Å². The summed E-state index contributed by atoms with van der Waals surface area (Å²) in [5.74, 6) is -1.91. The zero-order chi connectivity index (χ0) is 13.3. The van der Waals surface area contributed by atoms with Gasteiger partial charge in [-0.05, 0) is 18.2 Å². The van der Waals surface area contributed by atoms with Crippen LogP contribution in [0, 0.1) is 5.82 Å². The Labute approximate surface area is 102 Å². The molecule has 0 atom stereocenters. The zero-order valence-electron chi connectivity index (χ0n) is 9.39. The second-order valence-corrected chi connectivity index (χ2v) is 3.78. The number of pyridine rings is 1. The molecule has 0 aliphatic heterocycles. The summed E-state index contributed by atoms with van der Waals surface area (Å²) in [6.45, 7) is 3.89. The molecule has 1 aromatic heterocycles. The van der Waals surface area contributed by atoms with Crippen molar-refractivity contribution in [2.45, 2.75) is 6.54 Å². The number of halogens is 1. The van der Waals surface area contributed by atoms with E-state index in [0.29, 0.717) is 12.1 Å². The molecule has 0 amide bonds. The van der Waals surface area contributed by atoms with E-state index in [9.17, 15) is 14.0 Å². The molecule has 92 valence electrons. The summed E-state index contributed by atoms with van der Waals surface area (Å²) in [6, 6.07) is 3.71. The number of benzene rings is 1. The Morgan fingerprint density at radius 1 is 1.50 bits per heavy atom. The van der Waals surface area contributed by atoms with Crippen LogP contribution < -0.4 is 5.43 Å². The van der Waals surface area contributed by atoms with Crippen LogP contribution in [-0.2, 0) is 6.54 Å². The van der Waals surface area contributed by atoms with E-state index in [1.54, 1.807) is 10.6 Å². The second-order valence-electron chi connectivity index (χ2n) is 3.78. The van der Waals surface area contributed by atoms with Gasteiger partial charge in [-0.1, -0.05) is 6.08 Å². The first-order valence-electron chi connectivity index (χ1n) is 5.21. The molecular formula is C13H10FNO3. The van der Waals surface area contributed by atoms with Crippen molar-refractivity contribution in [2.75, 3.05) is 0 Å². The summed E-state index contributed by atoms with van der Waals surface area (Å²) in [6.07, 6.45) is 2.81. The summed E-state index contributed by atoms with van der Waals surface area (Å²) in [7, 11) is 0. The monoisotopic (exact) mass is 247 g/mol. The van der Waals surface area contributed by atoms with Gasteiger partial charge < -0.3 is 9.67 Å². The second kappa shape index (κ2) is 4.44. The molecule has 0 spiro atoms. The number of carboxylic acid groups (broad SMARTS) is 1. The van der Waals surface area contributed by atoms with Crippen LogP contribution in [0.4, 0.5) is 4.39 Å². The number of allylic oxidation sites excluding steroid dienone is 1. The fourth-order valence-corrected chi connectivity index (χ4v) is 1.81. The SMILES string of the molecule is C=CCn1cc(C(=O)O)c(=O)c2cc(F)ccc21. The van der Waals surface area contributed by atoms with Crippen molar-refractivity contribution in [3.8, 4) is 0 Å². The van der Waals surface area contributed by atoms with Crippen LogP contribution in [0.2, 0.25) is 0 Å². The Hall–Kier alpha value is -2.43. The molecule has 1 heterocycles. The van der Waals surface area contributed by atoms with Gasteiger partial charge in [0.15, 0.2) is 0 Å². The largest absolute Gasteiger partial charge is 0.477 e. The molecule has 0 fully saturated rings. The standard InChI is InChI=1S/C13H10FNO3/c1-2-5-15-7-10(13(17)18)12(16)9-6-8(14)3-4-11(9)15/h2-4,6-7H,1,5H2,(H,17,18). The topological polar surface area (TPSA) is 59.3 Å². The first-order chi connectivity index (χ1) is 8.54. The highest BCUT2D eigenvalue weighted by Gasteiger charge is 2.14. The Morgan fingerprint density at radius 2 is 2.22 bits per heavy atom. The maximum absolute atomic E-state index is 13.2. The first-order valence-corrected chi connectivity index (χ1v) is 5.21. The maximum Gasteiger partial charge on any atom is 0.341 e. The number of aromatic carboxylic acids is 1. The van der Waals surface area contributed by atoms with E-state index in [1.165, 1.54) is 18.3 Å². The Balaban J connectivity index is 2.92. The minimum atomic E-state index is -1.33. The van der Waals surface area contributed by atoms with E-state index in [4.69, 9.17) is 5.11 Å². The minimum absolute atomic E-state index is 0.0525. The van der Waals surface area contributed by atoms with E-state index in [1.807, 2.05) is 0 Å². The number of fused-ring (bicyclic) bond motifs is 1.